The van der Waals surface area contributed by atoms with Crippen molar-refractivity contribution < 1.29 is 42.1 Å². The van der Waals surface area contributed by atoms with Crippen LogP contribution in [0.2, 0.25) is 0 Å². The number of imide groups is 2. The van der Waals surface area contributed by atoms with E-state index in [4.69, 9.17) is 9.51 Å². The standard InChI is InChI=1S/C46H47F2N9O7/c1-25-42(26(2)64-53-25)27-7-12-36-35(21-27)51-43(37-5-3-6-41(60)55(37)30-9-11-33(47)34(48)23-30)56(36)29-15-19-54(20-16-29)24-40(59)50-18-4-17-49-28-8-10-31-32(22-28)46(63)57(45(31)62)38-13-14-39(58)52-44(38)61/h7-12,21-23,29,37-38,49H,3-6,13-20,24H2,1-2H3,(H,50,59)(H,52,58,61)/t37-,38?/m0/s1. The molecule has 0 spiro atoms. The lowest BCUT2D eigenvalue weighted by Crippen LogP contribution is -2.54. The summed E-state index contributed by atoms with van der Waals surface area (Å²) >= 11 is 0. The zero-order valence-electron chi connectivity index (χ0n) is 35.4. The molecule has 2 atom stereocenters. The Hall–Kier alpha value is -6.82. The molecular weight excluding hydrogens is 829 g/mol. The van der Waals surface area contributed by atoms with Gasteiger partial charge in [0.2, 0.25) is 23.6 Å². The summed E-state index contributed by atoms with van der Waals surface area (Å²) in [6.45, 7) is 6.10. The Kier molecular flexibility index (Phi) is 11.5. The van der Waals surface area contributed by atoms with Crippen molar-refractivity contribution >= 4 is 57.9 Å². The highest BCUT2D eigenvalue weighted by Crippen LogP contribution is 2.41. The van der Waals surface area contributed by atoms with Crippen LogP contribution in [0, 0.1) is 25.5 Å². The van der Waals surface area contributed by atoms with Crippen LogP contribution < -0.4 is 20.9 Å². The minimum atomic E-state index is -1.04. The predicted molar refractivity (Wildman–Crippen MR) is 229 cm³/mol. The van der Waals surface area contributed by atoms with Crippen molar-refractivity contribution in [2.45, 2.75) is 83.3 Å². The highest BCUT2D eigenvalue weighted by molar-refractivity contribution is 6.23. The molecule has 3 N–H and O–H groups in total. The van der Waals surface area contributed by atoms with E-state index in [0.717, 1.165) is 44.9 Å². The zero-order chi connectivity index (χ0) is 44.8. The number of amides is 6. The molecule has 4 aliphatic rings. The second-order valence-electron chi connectivity index (χ2n) is 16.9. The Morgan fingerprint density at radius 1 is 0.844 bits per heavy atom. The highest BCUT2D eigenvalue weighted by Gasteiger charge is 2.45. The number of carbonyl (C=O) groups is 6. The molecule has 18 heteroatoms. The lowest BCUT2D eigenvalue weighted by Gasteiger charge is -2.38. The average Bonchev–Trinajstić information content (AvgIpc) is 3.90. The molecule has 64 heavy (non-hydrogen) atoms. The number of piperidine rings is 3. The number of halogens is 2. The fraction of sp³-hybridized carbons (Fsp3) is 0.391. The van der Waals surface area contributed by atoms with Gasteiger partial charge in [-0.15, -0.1) is 0 Å². The molecule has 2 aromatic heterocycles. The fourth-order valence-corrected chi connectivity index (χ4v) is 9.58. The van der Waals surface area contributed by atoms with E-state index in [1.807, 2.05) is 32.0 Å². The predicted octanol–water partition coefficient (Wildman–Crippen LogP) is 5.50. The van der Waals surface area contributed by atoms with E-state index in [9.17, 15) is 37.5 Å². The number of likely N-dealkylation sites (tertiary alicyclic amines) is 1. The number of hydrogen-bond donors (Lipinski definition) is 3. The van der Waals surface area contributed by atoms with Gasteiger partial charge in [0.1, 0.15) is 17.6 Å². The second kappa shape index (κ2) is 17.4. The van der Waals surface area contributed by atoms with Gasteiger partial charge in [-0.05, 0) is 100 Å². The third-order valence-corrected chi connectivity index (χ3v) is 12.7. The summed E-state index contributed by atoms with van der Waals surface area (Å²) in [7, 11) is 0. The van der Waals surface area contributed by atoms with Gasteiger partial charge < -0.3 is 24.6 Å². The lowest BCUT2D eigenvalue weighted by atomic mass is 9.98. The van der Waals surface area contributed by atoms with Gasteiger partial charge in [-0.25, -0.2) is 13.8 Å². The maximum absolute atomic E-state index is 14.6. The maximum Gasteiger partial charge on any atom is 0.262 e. The third-order valence-electron chi connectivity index (χ3n) is 12.7. The van der Waals surface area contributed by atoms with Crippen molar-refractivity contribution in [3.05, 3.63) is 94.6 Å². The quantitative estimate of drug-likeness (QED) is 0.106. The summed E-state index contributed by atoms with van der Waals surface area (Å²) in [6, 6.07) is 12.8. The van der Waals surface area contributed by atoms with Gasteiger partial charge in [0.05, 0.1) is 40.4 Å². The van der Waals surface area contributed by atoms with Crippen molar-refractivity contribution in [3.63, 3.8) is 0 Å². The average molecular weight is 876 g/mol. The zero-order valence-corrected chi connectivity index (χ0v) is 35.4. The summed E-state index contributed by atoms with van der Waals surface area (Å²) in [5.74, 6) is -3.22. The van der Waals surface area contributed by atoms with Gasteiger partial charge in [0, 0.05) is 68.1 Å². The van der Waals surface area contributed by atoms with E-state index >= 15 is 0 Å². The Balaban J connectivity index is 0.830. The van der Waals surface area contributed by atoms with E-state index in [2.05, 4.69) is 30.6 Å². The van der Waals surface area contributed by atoms with Crippen LogP contribution in [0.25, 0.3) is 22.2 Å². The number of aromatic nitrogens is 3. The first-order valence-electron chi connectivity index (χ1n) is 21.7. The summed E-state index contributed by atoms with van der Waals surface area (Å²) in [5.41, 5.74) is 5.41. The molecule has 0 aliphatic carbocycles. The van der Waals surface area contributed by atoms with E-state index in [0.29, 0.717) is 75.6 Å². The number of anilines is 2. The van der Waals surface area contributed by atoms with E-state index in [1.54, 1.807) is 23.1 Å². The molecule has 3 aromatic carbocycles. The normalized spacial score (nSPS) is 19.7. The Bertz CT molecular complexity index is 2700. The van der Waals surface area contributed by atoms with Crippen molar-refractivity contribution in [1.29, 1.82) is 0 Å². The molecule has 6 amide bonds. The number of carbonyl (C=O) groups excluding carboxylic acids is 6. The van der Waals surface area contributed by atoms with Gasteiger partial charge in [-0.1, -0.05) is 11.2 Å². The summed E-state index contributed by atoms with van der Waals surface area (Å²) in [6.07, 6.45) is 3.58. The minimum absolute atomic E-state index is 0.0210. The molecule has 332 valence electrons. The lowest BCUT2D eigenvalue weighted by molar-refractivity contribution is -0.136. The third kappa shape index (κ3) is 8.01. The molecule has 4 aliphatic heterocycles. The number of imidazole rings is 1. The first-order chi connectivity index (χ1) is 30.9. The molecule has 0 bridgehead atoms. The van der Waals surface area contributed by atoms with Crippen LogP contribution in [0.1, 0.15) is 101 Å². The summed E-state index contributed by atoms with van der Waals surface area (Å²) < 4.78 is 36.3. The van der Waals surface area contributed by atoms with Gasteiger partial charge >= 0.3 is 0 Å². The van der Waals surface area contributed by atoms with Crippen LogP contribution in [-0.4, -0.2) is 98.7 Å². The molecular formula is C46H47F2N9O7. The van der Waals surface area contributed by atoms with Crippen LogP contribution in [0.15, 0.2) is 59.1 Å². The Morgan fingerprint density at radius 2 is 1.64 bits per heavy atom. The number of nitrogens with zero attached hydrogens (tertiary/aromatic N) is 6. The van der Waals surface area contributed by atoms with E-state index in [1.165, 1.54) is 6.07 Å². The SMILES string of the molecule is Cc1noc(C)c1-c1ccc2c(c1)nc([C@@H]1CCCC(=O)N1c1ccc(F)c(F)c1)n2C1CCN(CC(=O)NCCCNc2ccc3c(c2)C(=O)N(C2CCC(=O)NC2=O)C3=O)CC1. The number of rotatable bonds is 12. The monoisotopic (exact) mass is 875 g/mol. The van der Waals surface area contributed by atoms with Gasteiger partial charge in [0.15, 0.2) is 11.6 Å². The molecule has 9 rings (SSSR count). The van der Waals surface area contributed by atoms with E-state index in [-0.39, 0.29) is 60.5 Å². The molecule has 3 saturated heterocycles. The minimum Gasteiger partial charge on any atom is -0.385 e. The van der Waals surface area contributed by atoms with Crippen molar-refractivity contribution in [2.24, 2.45) is 0 Å². The molecule has 0 saturated carbocycles. The highest BCUT2D eigenvalue weighted by atomic mass is 19.2. The number of benzene rings is 3. The number of aryl methyl sites for hydroxylation is 2. The van der Waals surface area contributed by atoms with Crippen molar-refractivity contribution in [3.8, 4) is 11.1 Å². The maximum atomic E-state index is 14.6. The van der Waals surface area contributed by atoms with Gasteiger partial charge in [-0.2, -0.15) is 0 Å². The molecule has 0 radical (unpaired) electrons. The molecule has 16 nitrogen and oxygen atoms in total. The van der Waals surface area contributed by atoms with Crippen LogP contribution in [0.5, 0.6) is 0 Å². The fourth-order valence-electron chi connectivity index (χ4n) is 9.58. The van der Waals surface area contributed by atoms with Crippen LogP contribution in [-0.2, 0) is 19.2 Å². The van der Waals surface area contributed by atoms with Crippen LogP contribution in [0.3, 0.4) is 0 Å². The van der Waals surface area contributed by atoms with Crippen LogP contribution in [0.4, 0.5) is 20.2 Å². The molecule has 5 aromatic rings. The largest absolute Gasteiger partial charge is 0.385 e. The van der Waals surface area contributed by atoms with Crippen molar-refractivity contribution in [1.82, 2.24) is 35.1 Å². The number of fused-ring (bicyclic) bond motifs is 2. The summed E-state index contributed by atoms with van der Waals surface area (Å²) in [5, 5.41) is 12.5. The Labute approximate surface area is 366 Å². The molecule has 1 unspecified atom stereocenters. The van der Waals surface area contributed by atoms with E-state index < -0.39 is 47.3 Å². The first-order valence-corrected chi connectivity index (χ1v) is 21.7. The summed E-state index contributed by atoms with van der Waals surface area (Å²) in [4.78, 5) is 86.7. The smallest absolute Gasteiger partial charge is 0.262 e. The van der Waals surface area contributed by atoms with Crippen molar-refractivity contribution in [2.75, 3.05) is 42.9 Å². The van der Waals surface area contributed by atoms with Crippen LogP contribution >= 0.6 is 0 Å². The molecule has 6 heterocycles. The van der Waals surface area contributed by atoms with Gasteiger partial charge in [0.25, 0.3) is 11.8 Å². The van der Waals surface area contributed by atoms with Gasteiger partial charge in [-0.3, -0.25) is 43.9 Å². The second-order valence-corrected chi connectivity index (χ2v) is 16.9. The number of hydrogen-bond acceptors (Lipinski definition) is 11. The molecule has 3 fully saturated rings. The Morgan fingerprint density at radius 3 is 2.39 bits per heavy atom. The number of nitrogens with one attached hydrogen (secondary N) is 3. The first kappa shape index (κ1) is 42.5. The topological polar surface area (TPSA) is 192 Å².